The molecule has 1 amide bonds. The average Bonchev–Trinajstić information content (AvgIpc) is 3.21. The van der Waals surface area contributed by atoms with Crippen LogP contribution in [0.2, 0.25) is 0 Å². The van der Waals surface area contributed by atoms with E-state index in [1.54, 1.807) is 29.2 Å². The van der Waals surface area contributed by atoms with Crippen LogP contribution in [0, 0.1) is 0 Å². The summed E-state index contributed by atoms with van der Waals surface area (Å²) >= 11 is 0. The van der Waals surface area contributed by atoms with Gasteiger partial charge in [-0.3, -0.25) is 9.78 Å². The number of nitrogens with zero attached hydrogens (tertiary/aromatic N) is 4. The van der Waals surface area contributed by atoms with E-state index in [1.807, 2.05) is 24.4 Å². The van der Waals surface area contributed by atoms with E-state index in [0.717, 1.165) is 34.6 Å². The highest BCUT2D eigenvalue weighted by molar-refractivity contribution is 6.09. The van der Waals surface area contributed by atoms with Gasteiger partial charge in [0.2, 0.25) is 0 Å². The van der Waals surface area contributed by atoms with Crippen LogP contribution < -0.4 is 10.6 Å². The Bertz CT molecular complexity index is 1350. The minimum atomic E-state index is -0.211. The molecule has 4 aromatic rings. The molecule has 0 unspecified atom stereocenters. The maximum absolute atomic E-state index is 12.9. The molecule has 0 bridgehead atoms. The summed E-state index contributed by atoms with van der Waals surface area (Å²) in [5.74, 6) is 1.33. The van der Waals surface area contributed by atoms with Crippen molar-refractivity contribution in [2.45, 2.75) is 25.2 Å². The van der Waals surface area contributed by atoms with Crippen molar-refractivity contribution in [3.8, 4) is 0 Å². The zero-order valence-electron chi connectivity index (χ0n) is 17.5. The van der Waals surface area contributed by atoms with E-state index in [1.165, 1.54) is 25.0 Å². The molecular weight excluding hydrogens is 400 g/mol. The molecule has 0 atom stereocenters. The van der Waals surface area contributed by atoms with Gasteiger partial charge >= 0.3 is 0 Å². The predicted molar refractivity (Wildman–Crippen MR) is 124 cm³/mol. The van der Waals surface area contributed by atoms with Gasteiger partial charge in [0.25, 0.3) is 5.91 Å². The number of nitrogens with one attached hydrogen (secondary N) is 2. The van der Waals surface area contributed by atoms with Crippen molar-refractivity contribution in [3.05, 3.63) is 89.6 Å². The number of fused-ring (bicyclic) bond motifs is 2. The summed E-state index contributed by atoms with van der Waals surface area (Å²) in [6.45, 7) is 0.724. The summed E-state index contributed by atoms with van der Waals surface area (Å²) in [7, 11) is 0. The van der Waals surface area contributed by atoms with Gasteiger partial charge in [0.05, 0.1) is 29.2 Å². The number of aromatic nitrogens is 4. The molecule has 7 heteroatoms. The summed E-state index contributed by atoms with van der Waals surface area (Å²) in [6.07, 6.45) is 12.7. The van der Waals surface area contributed by atoms with E-state index in [0.29, 0.717) is 17.2 Å². The molecule has 0 aromatic carbocycles. The van der Waals surface area contributed by atoms with E-state index in [-0.39, 0.29) is 5.91 Å². The van der Waals surface area contributed by atoms with E-state index in [9.17, 15) is 4.79 Å². The van der Waals surface area contributed by atoms with Gasteiger partial charge in [0, 0.05) is 36.1 Å². The molecule has 32 heavy (non-hydrogen) atoms. The number of anilines is 2. The summed E-state index contributed by atoms with van der Waals surface area (Å²) in [5, 5.41) is 10.7. The highest BCUT2D eigenvalue weighted by Crippen LogP contribution is 2.38. The van der Waals surface area contributed by atoms with Gasteiger partial charge in [0.1, 0.15) is 5.82 Å². The third-order valence-corrected chi connectivity index (χ3v) is 6.30. The van der Waals surface area contributed by atoms with Gasteiger partial charge in [-0.2, -0.15) is 5.10 Å². The Labute approximate surface area is 185 Å². The van der Waals surface area contributed by atoms with Crippen LogP contribution in [0.5, 0.6) is 0 Å². The number of hydrogen-bond acceptors (Lipinski definition) is 5. The Morgan fingerprint density at radius 2 is 2.09 bits per heavy atom. The first-order valence-corrected chi connectivity index (χ1v) is 10.9. The van der Waals surface area contributed by atoms with Gasteiger partial charge in [-0.1, -0.05) is 12.5 Å². The highest BCUT2D eigenvalue weighted by atomic mass is 16.1. The lowest BCUT2D eigenvalue weighted by molar-refractivity contribution is 0.102. The number of hydrogen-bond donors (Lipinski definition) is 2. The molecule has 158 valence electrons. The number of rotatable bonds is 4. The fourth-order valence-electron chi connectivity index (χ4n) is 4.35. The van der Waals surface area contributed by atoms with Gasteiger partial charge in [-0.05, 0) is 60.4 Å². The molecule has 1 saturated carbocycles. The molecule has 1 aliphatic heterocycles. The normalized spacial score (nSPS) is 15.4. The lowest BCUT2D eigenvalue weighted by Crippen LogP contribution is -2.15. The molecule has 0 radical (unpaired) electrons. The van der Waals surface area contributed by atoms with Crippen LogP contribution in [-0.2, 0) is 0 Å². The van der Waals surface area contributed by atoms with Crippen molar-refractivity contribution in [3.63, 3.8) is 0 Å². The topological polar surface area (TPSA) is 84.2 Å². The van der Waals surface area contributed by atoms with Crippen molar-refractivity contribution in [1.29, 1.82) is 0 Å². The van der Waals surface area contributed by atoms with Crippen molar-refractivity contribution in [1.82, 2.24) is 19.6 Å². The van der Waals surface area contributed by atoms with Crippen LogP contribution in [0.25, 0.3) is 11.1 Å². The Kier molecular flexibility index (Phi) is 4.45. The molecule has 6 rings (SSSR count). The van der Waals surface area contributed by atoms with Crippen LogP contribution in [0.1, 0.15) is 52.4 Å². The van der Waals surface area contributed by atoms with Gasteiger partial charge in [-0.15, -0.1) is 0 Å². The Hall–Kier alpha value is -4.00. The molecule has 0 saturated heterocycles. The third-order valence-electron chi connectivity index (χ3n) is 6.30. The lowest BCUT2D eigenvalue weighted by atomic mass is 9.82. The number of amides is 1. The number of pyridine rings is 3. The van der Waals surface area contributed by atoms with Crippen LogP contribution in [0.4, 0.5) is 11.5 Å². The minimum Gasteiger partial charge on any atom is -0.366 e. The van der Waals surface area contributed by atoms with Gasteiger partial charge in [0.15, 0.2) is 0 Å². The molecule has 1 fully saturated rings. The van der Waals surface area contributed by atoms with Crippen LogP contribution in [0.15, 0.2) is 67.3 Å². The van der Waals surface area contributed by atoms with Crippen molar-refractivity contribution >= 4 is 28.5 Å². The SMILES string of the molecule is O=C(Nc1cccnc1)c1cnn2ccc(C3=CCNc4nc(C5CCC5)ccc43)cc12. The van der Waals surface area contributed by atoms with E-state index >= 15 is 0 Å². The summed E-state index contributed by atoms with van der Waals surface area (Å²) < 4.78 is 1.72. The van der Waals surface area contributed by atoms with Crippen molar-refractivity contribution in [2.75, 3.05) is 17.2 Å². The molecule has 1 aliphatic carbocycles. The molecule has 0 spiro atoms. The second-order valence-electron chi connectivity index (χ2n) is 8.26. The van der Waals surface area contributed by atoms with Gasteiger partial charge in [-0.25, -0.2) is 9.50 Å². The fraction of sp³-hybridized carbons (Fsp3) is 0.200. The van der Waals surface area contributed by atoms with Gasteiger partial charge < -0.3 is 10.6 Å². The van der Waals surface area contributed by atoms with Crippen LogP contribution in [-0.4, -0.2) is 32.0 Å². The predicted octanol–water partition coefficient (Wildman–Crippen LogP) is 4.50. The molecule has 7 nitrogen and oxygen atoms in total. The van der Waals surface area contributed by atoms with Crippen molar-refractivity contribution < 1.29 is 4.79 Å². The second kappa shape index (κ2) is 7.60. The smallest absolute Gasteiger partial charge is 0.259 e. The molecule has 2 N–H and O–H groups in total. The first-order chi connectivity index (χ1) is 15.8. The maximum Gasteiger partial charge on any atom is 0.259 e. The first kappa shape index (κ1) is 18.7. The molecular formula is C25H22N6O. The summed E-state index contributed by atoms with van der Waals surface area (Å²) in [4.78, 5) is 21.8. The number of carbonyl (C=O) groups excluding carboxylic acids is 1. The summed E-state index contributed by atoms with van der Waals surface area (Å²) in [5.41, 5.74) is 6.35. The zero-order chi connectivity index (χ0) is 21.5. The van der Waals surface area contributed by atoms with E-state index in [2.05, 4.69) is 38.9 Å². The van der Waals surface area contributed by atoms with E-state index < -0.39 is 0 Å². The third kappa shape index (κ3) is 3.22. The zero-order valence-corrected chi connectivity index (χ0v) is 17.5. The van der Waals surface area contributed by atoms with Crippen LogP contribution in [0.3, 0.4) is 0 Å². The average molecular weight is 422 g/mol. The first-order valence-electron chi connectivity index (χ1n) is 10.9. The minimum absolute atomic E-state index is 0.211. The Morgan fingerprint density at radius 1 is 1.16 bits per heavy atom. The van der Waals surface area contributed by atoms with E-state index in [4.69, 9.17) is 4.98 Å². The fourth-order valence-corrected chi connectivity index (χ4v) is 4.35. The second-order valence-corrected chi connectivity index (χ2v) is 8.26. The molecule has 4 aromatic heterocycles. The Morgan fingerprint density at radius 3 is 2.91 bits per heavy atom. The maximum atomic E-state index is 12.9. The largest absolute Gasteiger partial charge is 0.366 e. The van der Waals surface area contributed by atoms with Crippen molar-refractivity contribution in [2.24, 2.45) is 0 Å². The standard InChI is InChI=1S/C25H22N6O/c32-25(29-18-5-2-10-26-14-18)21-15-28-31-12-9-17(13-23(21)31)19-8-11-27-24-20(19)6-7-22(30-24)16-3-1-4-16/h2,5-10,12-16H,1,3-4,11H2,(H,27,30)(H,29,32). The quantitative estimate of drug-likeness (QED) is 0.506. The Balaban J connectivity index is 1.35. The lowest BCUT2D eigenvalue weighted by Gasteiger charge is -2.27. The molecule has 5 heterocycles. The summed E-state index contributed by atoms with van der Waals surface area (Å²) in [6, 6.07) is 12.0. The highest BCUT2D eigenvalue weighted by Gasteiger charge is 2.24. The molecule has 2 aliphatic rings. The monoisotopic (exact) mass is 422 g/mol. The van der Waals surface area contributed by atoms with Crippen LogP contribution >= 0.6 is 0 Å². The number of carbonyl (C=O) groups is 1.